The zero-order valence-corrected chi connectivity index (χ0v) is 12.5. The average molecular weight is 498 g/mol. The average Bonchev–Trinajstić information content (AvgIpc) is 2.41. The molecule has 0 aliphatic carbocycles. The van der Waals surface area contributed by atoms with Gasteiger partial charge in [0, 0.05) is 0 Å². The van der Waals surface area contributed by atoms with Gasteiger partial charge in [0.1, 0.15) is 0 Å². The molecule has 0 aromatic carbocycles. The molecule has 0 amide bonds. The van der Waals surface area contributed by atoms with Gasteiger partial charge in [-0.05, 0) is 0 Å². The molecule has 3 nitrogen and oxygen atoms in total. The van der Waals surface area contributed by atoms with E-state index in [2.05, 4.69) is 0 Å². The van der Waals surface area contributed by atoms with Crippen LogP contribution in [0.1, 0.15) is 0 Å². The Morgan fingerprint density at radius 2 is 0.867 bits per heavy atom. The van der Waals surface area contributed by atoms with Crippen LogP contribution in [0.25, 0.3) is 0 Å². The topological polar surface area (TPSA) is 35.5 Å². The maximum absolute atomic E-state index is 13.5. The Labute approximate surface area is 149 Å². The highest BCUT2D eigenvalue weighted by molar-refractivity contribution is 5.77. The summed E-state index contributed by atoms with van der Waals surface area (Å²) < 4.78 is 227. The number of rotatable bonds is 7. The molecule has 0 spiro atoms. The number of ether oxygens (including phenoxy) is 2. The quantitative estimate of drug-likeness (QED) is 0.351. The van der Waals surface area contributed by atoms with E-state index in [0.29, 0.717) is 0 Å². The van der Waals surface area contributed by atoms with Gasteiger partial charge < -0.3 is 0 Å². The largest absolute Gasteiger partial charge is 0.462 e. The van der Waals surface area contributed by atoms with Crippen molar-refractivity contribution in [3.05, 3.63) is 0 Å². The second-order valence-electron chi connectivity index (χ2n) is 4.77. The lowest BCUT2D eigenvalue weighted by atomic mass is 10.2. The minimum Gasteiger partial charge on any atom is -0.262 e. The predicted molar refractivity (Wildman–Crippen MR) is 49.0 cm³/mol. The molecule has 0 saturated heterocycles. The first kappa shape index (κ1) is 28.3. The number of alkyl halides is 17. The second kappa shape index (κ2) is 7.19. The maximum atomic E-state index is 13.5. The summed E-state index contributed by atoms with van der Waals surface area (Å²) in [6, 6.07) is -4.79. The van der Waals surface area contributed by atoms with Gasteiger partial charge in [-0.2, -0.15) is 79.0 Å². The Morgan fingerprint density at radius 3 is 1.10 bits per heavy atom. The van der Waals surface area contributed by atoms with Crippen molar-refractivity contribution in [2.75, 3.05) is 0 Å². The van der Waals surface area contributed by atoms with Gasteiger partial charge in [0.05, 0.1) is 0 Å². The summed E-state index contributed by atoms with van der Waals surface area (Å²) in [5.41, 5.74) is 0. The van der Waals surface area contributed by atoms with Crippen molar-refractivity contribution in [3.8, 4) is 0 Å². The van der Waals surface area contributed by atoms with E-state index in [-0.39, 0.29) is 0 Å². The fourth-order valence-electron chi connectivity index (χ4n) is 1.14. The smallest absolute Gasteiger partial charge is 0.262 e. The summed E-state index contributed by atoms with van der Waals surface area (Å²) >= 11 is 0. The van der Waals surface area contributed by atoms with Crippen LogP contribution in [0.4, 0.5) is 79.0 Å². The Kier molecular flexibility index (Phi) is 6.79. The molecule has 21 heteroatoms. The Morgan fingerprint density at radius 1 is 0.500 bits per heavy atom. The maximum Gasteiger partial charge on any atom is 0.462 e. The first-order chi connectivity index (χ1) is 12.6. The molecule has 0 N–H and O–H groups in total. The highest BCUT2D eigenvalue weighted by Crippen LogP contribution is 2.56. The molecular formula is C9F18O3. The molecule has 0 radical (unpaired) electrons. The third kappa shape index (κ3) is 4.49. The van der Waals surface area contributed by atoms with Gasteiger partial charge in [0.25, 0.3) is 0 Å². The van der Waals surface area contributed by atoms with Crippen molar-refractivity contribution < 1.29 is 93.3 Å². The van der Waals surface area contributed by atoms with Gasteiger partial charge in [-0.15, -0.1) is 0 Å². The highest BCUT2D eigenvalue weighted by Gasteiger charge is 2.85. The van der Waals surface area contributed by atoms with Crippen molar-refractivity contribution in [3.63, 3.8) is 0 Å². The van der Waals surface area contributed by atoms with Crippen LogP contribution in [-0.4, -0.2) is 54.4 Å². The van der Waals surface area contributed by atoms with Crippen molar-refractivity contribution in [2.45, 2.75) is 48.4 Å². The van der Waals surface area contributed by atoms with Gasteiger partial charge in [-0.1, -0.05) is 0 Å². The zero-order chi connectivity index (χ0) is 25.0. The summed E-state index contributed by atoms with van der Waals surface area (Å²) in [5.74, 6) is -23.3. The molecule has 180 valence electrons. The van der Waals surface area contributed by atoms with Gasteiger partial charge in [-0.25, -0.2) is 0 Å². The molecule has 0 aromatic rings. The van der Waals surface area contributed by atoms with Crippen LogP contribution in [-0.2, 0) is 14.3 Å². The first-order valence-electron chi connectivity index (χ1n) is 5.92. The predicted octanol–water partition coefficient (Wildman–Crippen LogP) is 5.36. The molecule has 0 rings (SSSR count). The molecule has 2 atom stereocenters. The van der Waals surface area contributed by atoms with Crippen LogP contribution in [0, 0.1) is 0 Å². The molecule has 30 heavy (non-hydrogen) atoms. The summed E-state index contributed by atoms with van der Waals surface area (Å²) in [6.07, 6.45) is -39.1. The molecule has 0 aliphatic heterocycles. The third-order valence-corrected chi connectivity index (χ3v) is 2.62. The van der Waals surface area contributed by atoms with Gasteiger partial charge in [-0.3, -0.25) is 14.3 Å². The lowest BCUT2D eigenvalue weighted by Crippen LogP contribution is -2.67. The van der Waals surface area contributed by atoms with Crippen LogP contribution in [0.2, 0.25) is 0 Å². The molecular weight excluding hydrogens is 498 g/mol. The van der Waals surface area contributed by atoms with Crippen LogP contribution in [0.15, 0.2) is 0 Å². The number of halogens is 18. The standard InChI is InChI=1S/C9F18O3/c10-1(28)2(11,5(15,16)17)29-9(26,27)4(14,7(21,22)23)30-8(24,25)3(12,13)6(18,19)20/t2-,4+/m0/s1. The molecule has 0 saturated carbocycles. The minimum atomic E-state index is -8.14. The highest BCUT2D eigenvalue weighted by atomic mass is 19.4. The van der Waals surface area contributed by atoms with Crippen molar-refractivity contribution in [2.24, 2.45) is 0 Å². The fraction of sp³-hybridized carbons (Fsp3) is 0.889. The fourth-order valence-corrected chi connectivity index (χ4v) is 1.14. The van der Waals surface area contributed by atoms with E-state index in [9.17, 15) is 83.8 Å². The Hall–Kier alpha value is -1.67. The molecule has 0 unspecified atom stereocenters. The first-order valence-corrected chi connectivity index (χ1v) is 5.92. The van der Waals surface area contributed by atoms with Crippen molar-refractivity contribution in [1.82, 2.24) is 0 Å². The van der Waals surface area contributed by atoms with E-state index in [1.54, 1.807) is 0 Å². The number of carbonyl (C=O) groups is 1. The molecule has 0 aromatic heterocycles. The van der Waals surface area contributed by atoms with Gasteiger partial charge in [0.15, 0.2) is 0 Å². The summed E-state index contributed by atoms with van der Waals surface area (Å²) in [6.45, 7) is 0. The van der Waals surface area contributed by atoms with E-state index in [1.807, 2.05) is 0 Å². The molecule has 0 aliphatic rings. The van der Waals surface area contributed by atoms with E-state index >= 15 is 0 Å². The zero-order valence-electron chi connectivity index (χ0n) is 12.5. The van der Waals surface area contributed by atoms with Crippen molar-refractivity contribution >= 4 is 6.04 Å². The van der Waals surface area contributed by atoms with Gasteiger partial charge >= 0.3 is 54.4 Å². The Balaban J connectivity index is 6.63. The second-order valence-corrected chi connectivity index (χ2v) is 4.77. The van der Waals surface area contributed by atoms with Gasteiger partial charge in [0.2, 0.25) is 0 Å². The number of hydrogen-bond donors (Lipinski definition) is 0. The van der Waals surface area contributed by atoms with Crippen LogP contribution >= 0.6 is 0 Å². The monoisotopic (exact) mass is 498 g/mol. The minimum absolute atomic E-state index is 1.15. The SMILES string of the molecule is O=C(F)[C@](F)(OC(F)(F)[C@](F)(OC(F)(F)C(F)(F)C(F)(F)F)C(F)(F)F)C(F)(F)F. The lowest BCUT2D eigenvalue weighted by molar-refractivity contribution is -0.548. The Bertz CT molecular complexity index is 645. The normalized spacial score (nSPS) is 19.3. The number of hydrogen-bond acceptors (Lipinski definition) is 3. The molecule has 0 fully saturated rings. The van der Waals surface area contributed by atoms with Crippen molar-refractivity contribution in [1.29, 1.82) is 0 Å². The van der Waals surface area contributed by atoms with Crippen LogP contribution in [0.3, 0.4) is 0 Å². The van der Waals surface area contributed by atoms with E-state index in [1.165, 1.54) is 4.74 Å². The molecule has 0 bridgehead atoms. The summed E-state index contributed by atoms with van der Waals surface area (Å²) in [5, 5.41) is 0. The third-order valence-electron chi connectivity index (χ3n) is 2.62. The van der Waals surface area contributed by atoms with E-state index < -0.39 is 54.4 Å². The van der Waals surface area contributed by atoms with Crippen LogP contribution in [0.5, 0.6) is 0 Å². The number of carbonyl (C=O) groups excluding carboxylic acids is 1. The van der Waals surface area contributed by atoms with Crippen LogP contribution < -0.4 is 0 Å². The summed E-state index contributed by atoms with van der Waals surface area (Å²) in [7, 11) is 0. The lowest BCUT2D eigenvalue weighted by Gasteiger charge is -2.39. The van der Waals surface area contributed by atoms with E-state index in [0.717, 1.165) is 4.74 Å². The summed E-state index contributed by atoms with van der Waals surface area (Å²) in [4.78, 5) is 9.86. The van der Waals surface area contributed by atoms with E-state index in [4.69, 9.17) is 0 Å². The molecule has 0 heterocycles.